The summed E-state index contributed by atoms with van der Waals surface area (Å²) in [4.78, 5) is 24.2. The molecule has 0 aliphatic carbocycles. The number of ether oxygens (including phenoxy) is 3. The van der Waals surface area contributed by atoms with E-state index in [0.29, 0.717) is 31.1 Å². The lowest BCUT2D eigenvalue weighted by atomic mass is 9.84. The van der Waals surface area contributed by atoms with Gasteiger partial charge in [-0.05, 0) is 102 Å². The van der Waals surface area contributed by atoms with Crippen LogP contribution in [-0.4, -0.2) is 111 Å². The number of unbranched alkanes of at least 4 members (excludes halogenated alkanes) is 2. The lowest BCUT2D eigenvalue weighted by Crippen LogP contribution is -2.37. The average molecular weight is 848 g/mol. The highest BCUT2D eigenvalue weighted by atomic mass is 16.6. The highest BCUT2D eigenvalue weighted by Gasteiger charge is 2.32. The summed E-state index contributed by atoms with van der Waals surface area (Å²) in [5.41, 5.74) is 4.63. The molecule has 7 unspecified atom stereocenters. The third kappa shape index (κ3) is 36.9. The maximum absolute atomic E-state index is 12.9. The standard InChI is InChI=1S/C39H74O8.C6H17N2.2C2H6/c1-11-34(33(6)45-8)19-17-24-38(7,43)23-15-12-16-25-39(44,47-10)32(5)27-30(3)21-22-36(41)31(4)26-29(2)18-13-14-20-35(40)28-37(42)46-9;1-8(2,3)6-4-5-7;2*1-2/h16,25,29-35,40,43-44H,11-15,17-24,26-28H2,1-10H3;4-7H2,1-3H3;2*1-2H3/q;+1;;/b25-16-;;;/t29-,30?,31?,32?,33?,34?,35?,38+,39?;;;/m1.../s1. The minimum atomic E-state index is -1.37. The molecule has 10 nitrogen and oxygen atoms in total. The van der Waals surface area contributed by atoms with Gasteiger partial charge in [0.05, 0.1) is 59.0 Å². The second-order valence-electron chi connectivity index (χ2n) is 18.1. The summed E-state index contributed by atoms with van der Waals surface area (Å²) in [7, 11) is 11.1. The van der Waals surface area contributed by atoms with Crippen molar-refractivity contribution in [2.45, 2.75) is 209 Å². The van der Waals surface area contributed by atoms with E-state index >= 15 is 0 Å². The molecule has 9 atom stereocenters. The van der Waals surface area contributed by atoms with Gasteiger partial charge in [-0.15, -0.1) is 0 Å². The highest BCUT2D eigenvalue weighted by Crippen LogP contribution is 2.30. The van der Waals surface area contributed by atoms with Gasteiger partial charge in [-0.25, -0.2) is 0 Å². The molecule has 0 heterocycles. The molecule has 59 heavy (non-hydrogen) atoms. The molecule has 0 spiro atoms. The normalized spacial score (nSPS) is 17.2. The molecule has 0 aromatic carbocycles. The van der Waals surface area contributed by atoms with Crippen LogP contribution in [0, 0.1) is 29.6 Å². The smallest absolute Gasteiger partial charge is 0.308 e. The van der Waals surface area contributed by atoms with Crippen molar-refractivity contribution in [1.29, 1.82) is 0 Å². The van der Waals surface area contributed by atoms with E-state index in [1.165, 1.54) is 20.8 Å². The number of rotatable bonds is 32. The van der Waals surface area contributed by atoms with E-state index in [1.54, 1.807) is 13.2 Å². The van der Waals surface area contributed by atoms with Crippen LogP contribution in [0.4, 0.5) is 0 Å². The van der Waals surface area contributed by atoms with E-state index in [9.17, 15) is 24.9 Å². The number of methoxy groups -OCH3 is 3. The third-order valence-corrected chi connectivity index (χ3v) is 11.4. The van der Waals surface area contributed by atoms with Crippen molar-refractivity contribution in [3.63, 3.8) is 0 Å². The van der Waals surface area contributed by atoms with Crippen LogP contribution in [0.25, 0.3) is 0 Å². The number of hydrogen-bond acceptors (Lipinski definition) is 9. The topological polar surface area (TPSA) is 149 Å². The van der Waals surface area contributed by atoms with Crippen LogP contribution >= 0.6 is 0 Å². The van der Waals surface area contributed by atoms with Crippen molar-refractivity contribution in [2.75, 3.05) is 55.6 Å². The van der Waals surface area contributed by atoms with E-state index in [-0.39, 0.29) is 42.0 Å². The van der Waals surface area contributed by atoms with Crippen LogP contribution in [0.5, 0.6) is 0 Å². The van der Waals surface area contributed by atoms with Gasteiger partial charge in [0, 0.05) is 38.9 Å². The summed E-state index contributed by atoms with van der Waals surface area (Å²) in [6, 6.07) is 0. The number of carbonyl (C=O) groups excluding carboxylic acids is 2. The molecule has 10 heteroatoms. The van der Waals surface area contributed by atoms with Crippen LogP contribution in [0.1, 0.15) is 185 Å². The maximum atomic E-state index is 12.9. The van der Waals surface area contributed by atoms with E-state index in [1.807, 2.05) is 54.5 Å². The van der Waals surface area contributed by atoms with Crippen molar-refractivity contribution in [3.05, 3.63) is 12.2 Å². The summed E-state index contributed by atoms with van der Waals surface area (Å²) in [6.45, 7) is 24.5. The molecule has 0 saturated carbocycles. The first kappa shape index (κ1) is 64.2. The van der Waals surface area contributed by atoms with Crippen LogP contribution in [0.3, 0.4) is 0 Å². The van der Waals surface area contributed by atoms with E-state index in [2.05, 4.69) is 53.6 Å². The van der Waals surface area contributed by atoms with Crippen molar-refractivity contribution >= 4 is 11.8 Å². The zero-order valence-electron chi connectivity index (χ0n) is 42.0. The Hall–Kier alpha value is -1.40. The van der Waals surface area contributed by atoms with Gasteiger partial charge in [-0.1, -0.05) is 100 Å². The molecule has 0 aliphatic heterocycles. The Morgan fingerprint density at radius 1 is 0.797 bits per heavy atom. The first-order chi connectivity index (χ1) is 27.6. The average Bonchev–Trinajstić information content (AvgIpc) is 3.20. The number of esters is 1. The number of aliphatic hydroxyl groups excluding tert-OH is 1. The Morgan fingerprint density at radius 2 is 1.36 bits per heavy atom. The van der Waals surface area contributed by atoms with Gasteiger partial charge in [0.1, 0.15) is 5.78 Å². The van der Waals surface area contributed by atoms with Gasteiger partial charge >= 0.3 is 5.97 Å². The third-order valence-electron chi connectivity index (χ3n) is 11.4. The molecule has 0 bridgehead atoms. The molecule has 0 fully saturated rings. The number of carbonyl (C=O) groups is 2. The second kappa shape index (κ2) is 38.3. The number of nitrogens with two attached hydrogens (primary N) is 1. The van der Waals surface area contributed by atoms with Gasteiger partial charge in [0.2, 0.25) is 0 Å². The van der Waals surface area contributed by atoms with Gasteiger partial charge in [-0.2, -0.15) is 0 Å². The van der Waals surface area contributed by atoms with E-state index in [4.69, 9.17) is 15.2 Å². The number of allylic oxidation sites excluding steroid dienone is 1. The minimum Gasteiger partial charge on any atom is -0.469 e. The van der Waals surface area contributed by atoms with Crippen molar-refractivity contribution in [2.24, 2.45) is 35.3 Å². The predicted molar refractivity (Wildman–Crippen MR) is 250 cm³/mol. The van der Waals surface area contributed by atoms with Crippen LogP contribution in [0.2, 0.25) is 0 Å². The molecule has 0 aromatic heterocycles. The van der Waals surface area contributed by atoms with Gasteiger partial charge in [0.25, 0.3) is 0 Å². The number of hydrogen-bond donors (Lipinski definition) is 4. The predicted octanol–water partition coefficient (Wildman–Crippen LogP) is 10.3. The Labute approximate surface area is 366 Å². The minimum absolute atomic E-state index is 0.00627. The largest absolute Gasteiger partial charge is 0.469 e. The number of nitrogens with zero attached hydrogens (tertiary/aromatic N) is 1. The van der Waals surface area contributed by atoms with Crippen LogP contribution < -0.4 is 5.73 Å². The number of aliphatic hydroxyl groups is 3. The van der Waals surface area contributed by atoms with Gasteiger partial charge in [-0.3, -0.25) is 9.59 Å². The van der Waals surface area contributed by atoms with Crippen LogP contribution in [-0.2, 0) is 23.8 Å². The fraction of sp³-hybridized carbons (Fsp3) is 0.918. The maximum Gasteiger partial charge on any atom is 0.308 e. The molecule has 0 rings (SSSR count). The Bertz CT molecular complexity index is 1000. The Kier molecular flexibility index (Phi) is 41.7. The zero-order valence-corrected chi connectivity index (χ0v) is 42.0. The molecular weight excluding hydrogens is 745 g/mol. The lowest BCUT2D eigenvalue weighted by Gasteiger charge is -2.31. The summed E-state index contributed by atoms with van der Waals surface area (Å²) in [5.74, 6) is -0.398. The van der Waals surface area contributed by atoms with Gasteiger partial charge in [0.15, 0.2) is 5.79 Å². The second-order valence-corrected chi connectivity index (χ2v) is 18.1. The fourth-order valence-electron chi connectivity index (χ4n) is 7.31. The number of ketones is 1. The molecule has 0 aromatic rings. The molecule has 356 valence electrons. The lowest BCUT2D eigenvalue weighted by molar-refractivity contribution is -0.870. The summed E-state index contributed by atoms with van der Waals surface area (Å²) in [6.07, 6.45) is 16.9. The van der Waals surface area contributed by atoms with Crippen molar-refractivity contribution < 1.29 is 43.6 Å². The number of quaternary nitrogens is 1. The number of Topliss-reactive ketones (excluding diaryl/α,β-unsaturated/α-hetero) is 1. The quantitative estimate of drug-likeness (QED) is 0.0171. The zero-order chi connectivity index (χ0) is 46.7. The highest BCUT2D eigenvalue weighted by molar-refractivity contribution is 5.80. The van der Waals surface area contributed by atoms with Gasteiger partial charge < -0.3 is 39.7 Å². The Morgan fingerprint density at radius 3 is 1.85 bits per heavy atom. The van der Waals surface area contributed by atoms with E-state index < -0.39 is 17.5 Å². The molecule has 0 amide bonds. The molecular formula is C49H103N2O8+. The SMILES string of the molecule is CC.CC.CCC(CCC[C@@](C)(O)CCC/C=C\C(O)(OC)C(C)CC(C)CCC(=O)C(C)C[C@H](C)CCCCC(O)CC(=O)OC)C(C)OC.C[N+](C)(C)CCCN. The first-order valence-electron chi connectivity index (χ1n) is 23.6. The Balaban J connectivity index is -0.00000110. The van der Waals surface area contributed by atoms with Crippen molar-refractivity contribution in [3.8, 4) is 0 Å². The fourth-order valence-corrected chi connectivity index (χ4v) is 7.31. The molecule has 5 N–H and O–H groups in total. The first-order valence-corrected chi connectivity index (χ1v) is 23.6. The molecule has 0 aliphatic rings. The monoisotopic (exact) mass is 848 g/mol. The summed E-state index contributed by atoms with van der Waals surface area (Å²) >= 11 is 0. The molecule has 0 radical (unpaired) electrons. The summed E-state index contributed by atoms with van der Waals surface area (Å²) in [5, 5.41) is 32.0. The molecule has 0 saturated heterocycles. The van der Waals surface area contributed by atoms with Crippen molar-refractivity contribution in [1.82, 2.24) is 0 Å². The summed E-state index contributed by atoms with van der Waals surface area (Å²) < 4.78 is 16.7. The van der Waals surface area contributed by atoms with Crippen LogP contribution in [0.15, 0.2) is 12.2 Å². The van der Waals surface area contributed by atoms with E-state index in [0.717, 1.165) is 94.5 Å².